The van der Waals surface area contributed by atoms with Crippen LogP contribution in [0.2, 0.25) is 0 Å². The molecule has 0 fully saturated rings. The van der Waals surface area contributed by atoms with Crippen molar-refractivity contribution in [1.29, 1.82) is 0 Å². The van der Waals surface area contributed by atoms with Crippen LogP contribution in [0.3, 0.4) is 0 Å². The van der Waals surface area contributed by atoms with E-state index in [0.717, 1.165) is 5.56 Å². The summed E-state index contributed by atoms with van der Waals surface area (Å²) in [6.45, 7) is 2.12. The van der Waals surface area contributed by atoms with E-state index in [0.29, 0.717) is 18.0 Å². The van der Waals surface area contributed by atoms with Crippen LogP contribution in [0.15, 0.2) is 18.2 Å². The second kappa shape index (κ2) is 6.61. The number of hydrogen-bond donors (Lipinski definition) is 1. The van der Waals surface area contributed by atoms with Crippen LogP contribution < -0.4 is 15.2 Å². The van der Waals surface area contributed by atoms with E-state index in [-0.39, 0.29) is 18.1 Å². The van der Waals surface area contributed by atoms with Gasteiger partial charge >= 0.3 is 0 Å². The Morgan fingerprint density at radius 2 is 2.00 bits per heavy atom. The normalized spacial score (nSPS) is 11.3. The molecular formula is C12H19NO4S. The standard InChI is InChI=1S/C12H19NO4S/c1-3-18(14,15)7-6-17-12-8-10(9-13)4-5-11(12)16-2/h4-5,8H,3,6-7,9,13H2,1-2H3. The monoisotopic (exact) mass is 273 g/mol. The van der Waals surface area contributed by atoms with Gasteiger partial charge in [-0.05, 0) is 17.7 Å². The minimum Gasteiger partial charge on any atom is -0.493 e. The zero-order valence-electron chi connectivity index (χ0n) is 10.7. The molecule has 0 radical (unpaired) electrons. The number of hydrogen-bond acceptors (Lipinski definition) is 5. The Morgan fingerprint density at radius 3 is 2.56 bits per heavy atom. The van der Waals surface area contributed by atoms with Crippen LogP contribution in [-0.4, -0.2) is 33.6 Å². The van der Waals surface area contributed by atoms with E-state index < -0.39 is 9.84 Å². The zero-order chi connectivity index (χ0) is 13.6. The minimum absolute atomic E-state index is 0.000489. The van der Waals surface area contributed by atoms with E-state index >= 15 is 0 Å². The lowest BCUT2D eigenvalue weighted by atomic mass is 10.2. The summed E-state index contributed by atoms with van der Waals surface area (Å²) in [6.07, 6.45) is 0. The molecule has 0 aliphatic carbocycles. The number of sulfone groups is 1. The first-order chi connectivity index (χ1) is 8.52. The summed E-state index contributed by atoms with van der Waals surface area (Å²) in [5.41, 5.74) is 6.44. The lowest BCUT2D eigenvalue weighted by molar-refractivity contribution is 0.311. The maximum Gasteiger partial charge on any atom is 0.161 e. The molecule has 1 aromatic rings. The molecule has 2 N–H and O–H groups in total. The molecule has 6 heteroatoms. The van der Waals surface area contributed by atoms with E-state index in [1.807, 2.05) is 6.07 Å². The molecule has 18 heavy (non-hydrogen) atoms. The van der Waals surface area contributed by atoms with Gasteiger partial charge in [0.1, 0.15) is 6.61 Å². The molecule has 0 aliphatic rings. The molecule has 1 aromatic carbocycles. The quantitative estimate of drug-likeness (QED) is 0.800. The maximum absolute atomic E-state index is 11.3. The lowest BCUT2D eigenvalue weighted by Crippen LogP contribution is -2.16. The zero-order valence-corrected chi connectivity index (χ0v) is 11.5. The number of methoxy groups -OCH3 is 1. The molecule has 0 heterocycles. The van der Waals surface area contributed by atoms with Gasteiger partial charge in [-0.25, -0.2) is 8.42 Å². The fraction of sp³-hybridized carbons (Fsp3) is 0.500. The average Bonchev–Trinajstić information content (AvgIpc) is 2.38. The number of ether oxygens (including phenoxy) is 2. The Hall–Kier alpha value is -1.27. The fourth-order valence-electron chi connectivity index (χ4n) is 1.38. The summed E-state index contributed by atoms with van der Waals surface area (Å²) in [5.74, 6) is 1.21. The third-order valence-electron chi connectivity index (χ3n) is 2.56. The summed E-state index contributed by atoms with van der Waals surface area (Å²) < 4.78 is 33.3. The predicted octanol–water partition coefficient (Wildman–Crippen LogP) is 0.967. The van der Waals surface area contributed by atoms with Gasteiger partial charge in [0.25, 0.3) is 0 Å². The van der Waals surface area contributed by atoms with Crippen molar-refractivity contribution < 1.29 is 17.9 Å². The molecule has 0 unspecified atom stereocenters. The number of benzene rings is 1. The van der Waals surface area contributed by atoms with Crippen molar-refractivity contribution in [1.82, 2.24) is 0 Å². The van der Waals surface area contributed by atoms with Gasteiger partial charge in [-0.2, -0.15) is 0 Å². The second-order valence-corrected chi connectivity index (χ2v) is 6.25. The minimum atomic E-state index is -3.02. The van der Waals surface area contributed by atoms with Crippen LogP contribution in [0.25, 0.3) is 0 Å². The molecule has 1 rings (SSSR count). The van der Waals surface area contributed by atoms with Gasteiger partial charge in [-0.1, -0.05) is 13.0 Å². The van der Waals surface area contributed by atoms with Crippen molar-refractivity contribution in [2.75, 3.05) is 25.2 Å². The Morgan fingerprint density at radius 1 is 1.28 bits per heavy atom. The van der Waals surface area contributed by atoms with E-state index in [9.17, 15) is 8.42 Å². The summed E-state index contributed by atoms with van der Waals surface area (Å²) >= 11 is 0. The van der Waals surface area contributed by atoms with Crippen LogP contribution >= 0.6 is 0 Å². The second-order valence-electron chi connectivity index (χ2n) is 3.77. The molecule has 0 aromatic heterocycles. The molecule has 0 saturated carbocycles. The van der Waals surface area contributed by atoms with E-state index in [4.69, 9.17) is 15.2 Å². The topological polar surface area (TPSA) is 78.6 Å². The first-order valence-corrected chi connectivity index (χ1v) is 7.54. The van der Waals surface area contributed by atoms with E-state index in [1.165, 1.54) is 7.11 Å². The highest BCUT2D eigenvalue weighted by molar-refractivity contribution is 7.91. The van der Waals surface area contributed by atoms with E-state index in [2.05, 4.69) is 0 Å². The van der Waals surface area contributed by atoms with Crippen molar-refractivity contribution in [3.8, 4) is 11.5 Å². The summed E-state index contributed by atoms with van der Waals surface area (Å²) in [4.78, 5) is 0. The Kier molecular flexibility index (Phi) is 5.43. The maximum atomic E-state index is 11.3. The van der Waals surface area contributed by atoms with Crippen molar-refractivity contribution in [2.45, 2.75) is 13.5 Å². The van der Waals surface area contributed by atoms with Gasteiger partial charge in [0.2, 0.25) is 0 Å². The highest BCUT2D eigenvalue weighted by atomic mass is 32.2. The van der Waals surface area contributed by atoms with Gasteiger partial charge in [-0.3, -0.25) is 0 Å². The molecule has 102 valence electrons. The van der Waals surface area contributed by atoms with Gasteiger partial charge in [-0.15, -0.1) is 0 Å². The number of rotatable bonds is 7. The van der Waals surface area contributed by atoms with Crippen LogP contribution in [-0.2, 0) is 16.4 Å². The highest BCUT2D eigenvalue weighted by Gasteiger charge is 2.10. The predicted molar refractivity (Wildman–Crippen MR) is 70.7 cm³/mol. The average molecular weight is 273 g/mol. The van der Waals surface area contributed by atoms with Crippen LogP contribution in [0.5, 0.6) is 11.5 Å². The molecule has 0 amide bonds. The Balaban J connectivity index is 2.71. The van der Waals surface area contributed by atoms with Crippen LogP contribution in [0, 0.1) is 0 Å². The Labute approximate surface area is 108 Å². The Bertz CT molecular complexity index is 485. The third-order valence-corrected chi connectivity index (χ3v) is 4.22. The first-order valence-electron chi connectivity index (χ1n) is 5.72. The molecule has 5 nitrogen and oxygen atoms in total. The smallest absolute Gasteiger partial charge is 0.161 e. The molecule has 0 atom stereocenters. The largest absolute Gasteiger partial charge is 0.493 e. The summed E-state index contributed by atoms with van der Waals surface area (Å²) in [7, 11) is -1.48. The van der Waals surface area contributed by atoms with Crippen molar-refractivity contribution in [3.05, 3.63) is 23.8 Å². The lowest BCUT2D eigenvalue weighted by Gasteiger charge is -2.11. The fourth-order valence-corrected chi connectivity index (χ4v) is 2.01. The van der Waals surface area contributed by atoms with Gasteiger partial charge in [0.05, 0.1) is 12.9 Å². The SMILES string of the molecule is CCS(=O)(=O)CCOc1cc(CN)ccc1OC. The van der Waals surface area contributed by atoms with Gasteiger partial charge < -0.3 is 15.2 Å². The van der Waals surface area contributed by atoms with Crippen LogP contribution in [0.4, 0.5) is 0 Å². The molecule has 0 aliphatic heterocycles. The first kappa shape index (κ1) is 14.8. The van der Waals surface area contributed by atoms with E-state index in [1.54, 1.807) is 19.1 Å². The van der Waals surface area contributed by atoms with Crippen LogP contribution in [0.1, 0.15) is 12.5 Å². The van der Waals surface area contributed by atoms with Crippen molar-refractivity contribution in [2.24, 2.45) is 5.73 Å². The van der Waals surface area contributed by atoms with Crippen molar-refractivity contribution >= 4 is 9.84 Å². The van der Waals surface area contributed by atoms with Gasteiger partial charge in [0.15, 0.2) is 21.3 Å². The van der Waals surface area contributed by atoms with Gasteiger partial charge in [0, 0.05) is 12.3 Å². The molecule has 0 saturated heterocycles. The summed E-state index contributed by atoms with van der Waals surface area (Å²) in [5, 5.41) is 0. The van der Waals surface area contributed by atoms with Crippen molar-refractivity contribution in [3.63, 3.8) is 0 Å². The molecule has 0 spiro atoms. The number of nitrogens with two attached hydrogens (primary N) is 1. The molecular weight excluding hydrogens is 254 g/mol. The third kappa shape index (κ3) is 4.19. The highest BCUT2D eigenvalue weighted by Crippen LogP contribution is 2.27. The summed E-state index contributed by atoms with van der Waals surface area (Å²) in [6, 6.07) is 5.36. The molecule has 0 bridgehead atoms.